The Morgan fingerprint density at radius 3 is 2.68 bits per heavy atom. The summed E-state index contributed by atoms with van der Waals surface area (Å²) in [6.45, 7) is 4.12. The lowest BCUT2D eigenvalue weighted by molar-refractivity contribution is -0.133. The van der Waals surface area contributed by atoms with Crippen molar-refractivity contribution >= 4 is 38.6 Å². The van der Waals surface area contributed by atoms with Crippen LogP contribution < -0.4 is 4.90 Å². The molecule has 0 N–H and O–H groups in total. The fourth-order valence-electron chi connectivity index (χ4n) is 4.37. The van der Waals surface area contributed by atoms with E-state index in [9.17, 15) is 4.79 Å². The molecule has 6 nitrogen and oxygen atoms in total. The molecular formula is C21H28BrN5O. The van der Waals surface area contributed by atoms with Crippen LogP contribution in [0.3, 0.4) is 0 Å². The van der Waals surface area contributed by atoms with Gasteiger partial charge in [-0.15, -0.1) is 0 Å². The van der Waals surface area contributed by atoms with Crippen molar-refractivity contribution in [1.82, 2.24) is 19.8 Å². The Bertz CT molecular complexity index is 831. The van der Waals surface area contributed by atoms with Gasteiger partial charge in [0.15, 0.2) is 0 Å². The highest BCUT2D eigenvalue weighted by molar-refractivity contribution is 9.10. The van der Waals surface area contributed by atoms with Crippen LogP contribution in [0.2, 0.25) is 0 Å². The monoisotopic (exact) mass is 445 g/mol. The van der Waals surface area contributed by atoms with E-state index in [1.807, 2.05) is 36.5 Å². The number of likely N-dealkylation sites (N-methyl/N-ethyl adjacent to an activating group) is 1. The number of piperazine rings is 1. The molecule has 0 spiro atoms. The number of halogens is 1. The molecule has 28 heavy (non-hydrogen) atoms. The molecule has 2 aromatic heterocycles. The Morgan fingerprint density at radius 2 is 1.93 bits per heavy atom. The molecule has 2 aromatic rings. The first-order chi connectivity index (χ1) is 13.6. The fraction of sp³-hybridized carbons (Fsp3) is 0.571. The van der Waals surface area contributed by atoms with Crippen molar-refractivity contribution in [2.75, 3.05) is 44.7 Å². The first-order valence-electron chi connectivity index (χ1n) is 10.2. The molecule has 1 aliphatic carbocycles. The number of fused-ring (bicyclic) bond motifs is 1. The lowest BCUT2D eigenvalue weighted by Crippen LogP contribution is -2.51. The molecule has 0 bridgehead atoms. The second-order valence-corrected chi connectivity index (χ2v) is 8.83. The lowest BCUT2D eigenvalue weighted by Gasteiger charge is -2.37. The standard InChI is InChI=1S/C21H28BrN5O/c1-25(17-5-3-2-4-6-17)20(28)15-26-9-11-27(12-10-26)19-7-8-23-18-13-16(22)14-24-21(18)19/h7-8,13-14,17H,2-6,9-12,15H2,1H3. The van der Waals surface area contributed by atoms with Crippen LogP contribution >= 0.6 is 15.9 Å². The highest BCUT2D eigenvalue weighted by Crippen LogP contribution is 2.26. The predicted molar refractivity (Wildman–Crippen MR) is 116 cm³/mol. The summed E-state index contributed by atoms with van der Waals surface area (Å²) in [5.74, 6) is 0.265. The van der Waals surface area contributed by atoms with Gasteiger partial charge in [0.05, 0.1) is 17.7 Å². The van der Waals surface area contributed by atoms with Crippen LogP contribution in [-0.2, 0) is 4.79 Å². The van der Waals surface area contributed by atoms with Gasteiger partial charge >= 0.3 is 0 Å². The average molecular weight is 446 g/mol. The quantitative estimate of drug-likeness (QED) is 0.722. The third kappa shape index (κ3) is 4.30. The third-order valence-corrected chi connectivity index (χ3v) is 6.54. The van der Waals surface area contributed by atoms with Crippen LogP contribution in [0.5, 0.6) is 0 Å². The van der Waals surface area contributed by atoms with Crippen LogP contribution in [0, 0.1) is 0 Å². The second kappa shape index (κ2) is 8.74. The van der Waals surface area contributed by atoms with Gasteiger partial charge < -0.3 is 9.80 Å². The largest absolute Gasteiger partial charge is 0.367 e. The zero-order valence-electron chi connectivity index (χ0n) is 16.5. The summed E-state index contributed by atoms with van der Waals surface area (Å²) in [5, 5.41) is 0. The van der Waals surface area contributed by atoms with Crippen LogP contribution in [0.25, 0.3) is 11.0 Å². The maximum atomic E-state index is 12.7. The molecule has 1 saturated heterocycles. The Labute approximate surface area is 175 Å². The minimum Gasteiger partial charge on any atom is -0.367 e. The van der Waals surface area contributed by atoms with Gasteiger partial charge in [-0.1, -0.05) is 19.3 Å². The highest BCUT2D eigenvalue weighted by Gasteiger charge is 2.25. The number of hydrogen-bond acceptors (Lipinski definition) is 5. The van der Waals surface area contributed by atoms with Crippen molar-refractivity contribution in [2.45, 2.75) is 38.1 Å². The number of aromatic nitrogens is 2. The van der Waals surface area contributed by atoms with Crippen molar-refractivity contribution < 1.29 is 4.79 Å². The summed E-state index contributed by atoms with van der Waals surface area (Å²) in [5.41, 5.74) is 2.97. The van der Waals surface area contributed by atoms with Crippen molar-refractivity contribution in [3.63, 3.8) is 0 Å². The molecular weight excluding hydrogens is 418 g/mol. The van der Waals surface area contributed by atoms with E-state index in [4.69, 9.17) is 0 Å². The predicted octanol–water partition coefficient (Wildman–Crippen LogP) is 3.31. The van der Waals surface area contributed by atoms with E-state index in [2.05, 4.69) is 35.7 Å². The van der Waals surface area contributed by atoms with Crippen LogP contribution in [-0.4, -0.2) is 71.5 Å². The smallest absolute Gasteiger partial charge is 0.236 e. The summed E-state index contributed by atoms with van der Waals surface area (Å²) in [4.78, 5) is 28.4. The first kappa shape index (κ1) is 19.6. The van der Waals surface area contributed by atoms with E-state index in [-0.39, 0.29) is 5.91 Å². The van der Waals surface area contributed by atoms with Crippen molar-refractivity contribution in [3.05, 3.63) is 29.0 Å². The summed E-state index contributed by atoms with van der Waals surface area (Å²) < 4.78 is 0.940. The van der Waals surface area contributed by atoms with Crippen LogP contribution in [0.15, 0.2) is 29.0 Å². The van der Waals surface area contributed by atoms with E-state index < -0.39 is 0 Å². The topological polar surface area (TPSA) is 52.6 Å². The average Bonchev–Trinajstić information content (AvgIpc) is 2.73. The maximum Gasteiger partial charge on any atom is 0.236 e. The molecule has 4 rings (SSSR count). The second-order valence-electron chi connectivity index (χ2n) is 7.91. The molecule has 2 aliphatic rings. The van der Waals surface area contributed by atoms with Gasteiger partial charge in [0.2, 0.25) is 5.91 Å². The van der Waals surface area contributed by atoms with Gasteiger partial charge in [0, 0.05) is 56.1 Å². The molecule has 0 aromatic carbocycles. The van der Waals surface area contributed by atoms with E-state index >= 15 is 0 Å². The molecule has 150 valence electrons. The summed E-state index contributed by atoms with van der Waals surface area (Å²) >= 11 is 3.47. The Morgan fingerprint density at radius 1 is 1.18 bits per heavy atom. The molecule has 0 atom stereocenters. The number of nitrogens with zero attached hydrogens (tertiary/aromatic N) is 5. The van der Waals surface area contributed by atoms with Crippen LogP contribution in [0.4, 0.5) is 5.69 Å². The van der Waals surface area contributed by atoms with Gasteiger partial charge in [-0.25, -0.2) is 0 Å². The highest BCUT2D eigenvalue weighted by atomic mass is 79.9. The SMILES string of the molecule is CN(C(=O)CN1CCN(c2ccnc3cc(Br)cnc23)CC1)C1CCCCC1. The lowest BCUT2D eigenvalue weighted by atomic mass is 9.94. The molecule has 0 radical (unpaired) electrons. The minimum atomic E-state index is 0.265. The van der Waals surface area contributed by atoms with Gasteiger partial charge in [0.1, 0.15) is 5.52 Å². The summed E-state index contributed by atoms with van der Waals surface area (Å²) in [6, 6.07) is 4.49. The van der Waals surface area contributed by atoms with Gasteiger partial charge in [-0.05, 0) is 40.9 Å². The van der Waals surface area contributed by atoms with Crippen molar-refractivity contribution in [3.8, 4) is 0 Å². The van der Waals surface area contributed by atoms with Gasteiger partial charge in [-0.2, -0.15) is 0 Å². The van der Waals surface area contributed by atoms with Gasteiger partial charge in [0.25, 0.3) is 0 Å². The molecule has 0 unspecified atom stereocenters. The number of carbonyl (C=O) groups excluding carboxylic acids is 1. The van der Waals surface area contributed by atoms with E-state index in [1.54, 1.807) is 0 Å². The van der Waals surface area contributed by atoms with E-state index in [1.165, 1.54) is 19.3 Å². The van der Waals surface area contributed by atoms with Crippen molar-refractivity contribution in [2.24, 2.45) is 0 Å². The molecule has 1 aliphatic heterocycles. The number of rotatable bonds is 4. The third-order valence-electron chi connectivity index (χ3n) is 6.11. The fourth-order valence-corrected chi connectivity index (χ4v) is 4.69. The number of anilines is 1. The number of amides is 1. The molecule has 2 fully saturated rings. The maximum absolute atomic E-state index is 12.7. The van der Waals surface area contributed by atoms with E-state index in [0.717, 1.165) is 60.2 Å². The van der Waals surface area contributed by atoms with E-state index in [0.29, 0.717) is 12.6 Å². The van der Waals surface area contributed by atoms with Gasteiger partial charge in [-0.3, -0.25) is 19.7 Å². The van der Waals surface area contributed by atoms with Crippen molar-refractivity contribution in [1.29, 1.82) is 0 Å². The molecule has 1 amide bonds. The summed E-state index contributed by atoms with van der Waals surface area (Å²) in [7, 11) is 1.99. The number of carbonyl (C=O) groups is 1. The first-order valence-corrected chi connectivity index (χ1v) is 11.0. The Kier molecular flexibility index (Phi) is 6.11. The Hall–Kier alpha value is -1.73. The zero-order valence-corrected chi connectivity index (χ0v) is 18.1. The normalized spacial score (nSPS) is 19.1. The molecule has 7 heteroatoms. The number of pyridine rings is 2. The molecule has 3 heterocycles. The minimum absolute atomic E-state index is 0.265. The summed E-state index contributed by atoms with van der Waals surface area (Å²) in [6.07, 6.45) is 9.82. The zero-order chi connectivity index (χ0) is 19.5. The number of hydrogen-bond donors (Lipinski definition) is 0. The Balaban J connectivity index is 1.35. The molecule has 1 saturated carbocycles. The van der Waals surface area contributed by atoms with Crippen LogP contribution in [0.1, 0.15) is 32.1 Å².